The summed E-state index contributed by atoms with van der Waals surface area (Å²) in [7, 11) is 0. The summed E-state index contributed by atoms with van der Waals surface area (Å²) in [6.45, 7) is 0. The third-order valence-electron chi connectivity index (χ3n) is 1.66. The number of benzene rings is 1. The first kappa shape index (κ1) is 10.8. The number of nitrogens with zero attached hydrogens (tertiary/aromatic N) is 2. The highest BCUT2D eigenvalue weighted by Gasteiger charge is 2.03. The molecule has 0 aliphatic rings. The van der Waals surface area contributed by atoms with Crippen molar-refractivity contribution in [2.24, 2.45) is 0 Å². The van der Waals surface area contributed by atoms with Crippen molar-refractivity contribution in [3.63, 3.8) is 0 Å². The molecule has 1 heterocycles. The summed E-state index contributed by atoms with van der Waals surface area (Å²) in [6.07, 6.45) is 3.10. The number of hydrogen-bond acceptors (Lipinski definition) is 3. The molecule has 2 aromatic rings. The van der Waals surface area contributed by atoms with Crippen molar-refractivity contribution < 1.29 is 4.74 Å². The van der Waals surface area contributed by atoms with E-state index in [1.54, 1.807) is 6.20 Å². The Bertz CT molecular complexity index is 461. The maximum atomic E-state index is 5.56. The summed E-state index contributed by atoms with van der Waals surface area (Å²) >= 11 is 5.56. The predicted molar refractivity (Wildman–Crippen MR) is 69.0 cm³/mol. The average Bonchev–Trinajstić information content (AvgIpc) is 2.25. The molecule has 0 aliphatic heterocycles. The van der Waals surface area contributed by atoms with Crippen LogP contribution in [0.5, 0.6) is 11.6 Å². The minimum absolute atomic E-state index is 0.520. The lowest BCUT2D eigenvalue weighted by atomic mass is 10.3. The lowest BCUT2D eigenvalue weighted by Gasteiger charge is -2.05. The topological polar surface area (TPSA) is 35.0 Å². The zero-order valence-electron chi connectivity index (χ0n) is 7.52. The van der Waals surface area contributed by atoms with Crippen LogP contribution in [0.15, 0.2) is 41.3 Å². The van der Waals surface area contributed by atoms with Crippen molar-refractivity contribution in [1.29, 1.82) is 0 Å². The van der Waals surface area contributed by atoms with Gasteiger partial charge < -0.3 is 4.74 Å². The lowest BCUT2D eigenvalue weighted by Crippen LogP contribution is -1.89. The molecule has 5 heteroatoms. The number of aromatic nitrogens is 2. The first-order valence-electron chi connectivity index (χ1n) is 4.14. The molecule has 76 valence electrons. The standard InChI is InChI=1S/C10H6BrIN2O/c11-9-5-13-6-14-10(9)15-8-3-1-7(12)2-4-8/h1-6H. The zero-order valence-corrected chi connectivity index (χ0v) is 11.3. The van der Waals surface area contributed by atoms with E-state index in [9.17, 15) is 0 Å². The van der Waals surface area contributed by atoms with E-state index >= 15 is 0 Å². The number of halogens is 2. The monoisotopic (exact) mass is 376 g/mol. The number of ether oxygens (including phenoxy) is 1. The highest BCUT2D eigenvalue weighted by Crippen LogP contribution is 2.26. The van der Waals surface area contributed by atoms with E-state index in [1.165, 1.54) is 9.90 Å². The molecule has 0 saturated carbocycles. The first-order valence-corrected chi connectivity index (χ1v) is 6.02. The molecule has 0 unspecified atom stereocenters. The fraction of sp³-hybridized carbons (Fsp3) is 0. The van der Waals surface area contributed by atoms with Crippen LogP contribution in [0.1, 0.15) is 0 Å². The van der Waals surface area contributed by atoms with Gasteiger partial charge in [0.05, 0.1) is 4.47 Å². The second-order valence-corrected chi connectivity index (χ2v) is 4.83. The predicted octanol–water partition coefficient (Wildman–Crippen LogP) is 3.64. The largest absolute Gasteiger partial charge is 0.438 e. The van der Waals surface area contributed by atoms with E-state index in [0.29, 0.717) is 5.88 Å². The minimum atomic E-state index is 0.520. The summed E-state index contributed by atoms with van der Waals surface area (Å²) in [5.74, 6) is 1.28. The molecule has 0 bridgehead atoms. The summed E-state index contributed by atoms with van der Waals surface area (Å²) in [5.41, 5.74) is 0. The van der Waals surface area contributed by atoms with Crippen LogP contribution in [-0.4, -0.2) is 9.97 Å². The molecule has 1 aromatic heterocycles. The SMILES string of the molecule is Brc1cncnc1Oc1ccc(I)cc1. The summed E-state index contributed by atoms with van der Waals surface area (Å²) in [6, 6.07) is 7.75. The molecule has 0 radical (unpaired) electrons. The Balaban J connectivity index is 2.22. The van der Waals surface area contributed by atoms with Crippen LogP contribution < -0.4 is 4.74 Å². The van der Waals surface area contributed by atoms with E-state index < -0.39 is 0 Å². The molecule has 0 atom stereocenters. The van der Waals surface area contributed by atoms with E-state index in [-0.39, 0.29) is 0 Å². The van der Waals surface area contributed by atoms with Gasteiger partial charge in [-0.2, -0.15) is 0 Å². The van der Waals surface area contributed by atoms with Crippen LogP contribution in [0.25, 0.3) is 0 Å². The molecule has 0 fully saturated rings. The minimum Gasteiger partial charge on any atom is -0.438 e. The molecular formula is C10H6BrIN2O. The van der Waals surface area contributed by atoms with Crippen molar-refractivity contribution in [2.45, 2.75) is 0 Å². The summed E-state index contributed by atoms with van der Waals surface area (Å²) < 4.78 is 7.47. The molecule has 0 N–H and O–H groups in total. The third-order valence-corrected chi connectivity index (χ3v) is 2.93. The van der Waals surface area contributed by atoms with Crippen molar-refractivity contribution in [3.8, 4) is 11.6 Å². The summed E-state index contributed by atoms with van der Waals surface area (Å²) in [5, 5.41) is 0. The quantitative estimate of drug-likeness (QED) is 0.750. The van der Waals surface area contributed by atoms with E-state index in [4.69, 9.17) is 4.74 Å². The Morgan fingerprint density at radius 2 is 1.93 bits per heavy atom. The third kappa shape index (κ3) is 2.88. The van der Waals surface area contributed by atoms with Crippen LogP contribution in [-0.2, 0) is 0 Å². The van der Waals surface area contributed by atoms with E-state index in [1.807, 2.05) is 24.3 Å². The Kier molecular flexibility index (Phi) is 3.53. The van der Waals surface area contributed by atoms with Crippen molar-refractivity contribution in [1.82, 2.24) is 9.97 Å². The van der Waals surface area contributed by atoms with Gasteiger partial charge in [-0.15, -0.1) is 0 Å². The van der Waals surface area contributed by atoms with Gasteiger partial charge in [0.15, 0.2) is 0 Å². The lowest BCUT2D eigenvalue weighted by molar-refractivity contribution is 0.458. The maximum absolute atomic E-state index is 5.56. The van der Waals surface area contributed by atoms with Gasteiger partial charge >= 0.3 is 0 Å². The van der Waals surface area contributed by atoms with Crippen molar-refractivity contribution in [2.75, 3.05) is 0 Å². The fourth-order valence-electron chi connectivity index (χ4n) is 0.991. The molecule has 0 aliphatic carbocycles. The molecule has 0 spiro atoms. The molecule has 2 rings (SSSR count). The van der Waals surface area contributed by atoms with Gasteiger partial charge in [0, 0.05) is 9.77 Å². The molecule has 15 heavy (non-hydrogen) atoms. The van der Waals surface area contributed by atoms with Gasteiger partial charge in [0.25, 0.3) is 0 Å². The van der Waals surface area contributed by atoms with Gasteiger partial charge in [0.2, 0.25) is 5.88 Å². The van der Waals surface area contributed by atoms with E-state index in [2.05, 4.69) is 48.5 Å². The van der Waals surface area contributed by atoms with Crippen LogP contribution in [0.4, 0.5) is 0 Å². The van der Waals surface area contributed by atoms with Crippen LogP contribution in [0.3, 0.4) is 0 Å². The normalized spacial score (nSPS) is 10.0. The zero-order chi connectivity index (χ0) is 10.7. The Morgan fingerprint density at radius 3 is 2.60 bits per heavy atom. The molecule has 0 saturated heterocycles. The van der Waals surface area contributed by atoms with Crippen LogP contribution >= 0.6 is 38.5 Å². The van der Waals surface area contributed by atoms with Gasteiger partial charge in [-0.3, -0.25) is 0 Å². The molecule has 1 aromatic carbocycles. The van der Waals surface area contributed by atoms with E-state index in [0.717, 1.165) is 10.2 Å². The van der Waals surface area contributed by atoms with Crippen molar-refractivity contribution in [3.05, 3.63) is 44.8 Å². The molecule has 0 amide bonds. The Morgan fingerprint density at radius 1 is 1.20 bits per heavy atom. The summed E-state index contributed by atoms with van der Waals surface area (Å²) in [4.78, 5) is 7.88. The van der Waals surface area contributed by atoms with Gasteiger partial charge in [-0.1, -0.05) is 0 Å². The number of rotatable bonds is 2. The second-order valence-electron chi connectivity index (χ2n) is 2.73. The van der Waals surface area contributed by atoms with Gasteiger partial charge in [0.1, 0.15) is 12.1 Å². The Labute approximate surface area is 109 Å². The first-order chi connectivity index (χ1) is 7.25. The van der Waals surface area contributed by atoms with Gasteiger partial charge in [-0.05, 0) is 62.8 Å². The molecule has 3 nitrogen and oxygen atoms in total. The highest BCUT2D eigenvalue weighted by molar-refractivity contribution is 14.1. The molecular weight excluding hydrogens is 371 g/mol. The van der Waals surface area contributed by atoms with Crippen LogP contribution in [0.2, 0.25) is 0 Å². The van der Waals surface area contributed by atoms with Crippen LogP contribution in [0, 0.1) is 3.57 Å². The van der Waals surface area contributed by atoms with Crippen molar-refractivity contribution >= 4 is 38.5 Å². The second kappa shape index (κ2) is 4.89. The number of hydrogen-bond donors (Lipinski definition) is 0. The smallest absolute Gasteiger partial charge is 0.236 e. The average molecular weight is 377 g/mol. The maximum Gasteiger partial charge on any atom is 0.236 e. The fourth-order valence-corrected chi connectivity index (χ4v) is 1.65. The van der Waals surface area contributed by atoms with Gasteiger partial charge in [-0.25, -0.2) is 9.97 Å². The highest BCUT2D eigenvalue weighted by atomic mass is 127. The Hall–Kier alpha value is -0.690.